The summed E-state index contributed by atoms with van der Waals surface area (Å²) in [4.78, 5) is 53.7. The van der Waals surface area contributed by atoms with Gasteiger partial charge in [0.25, 0.3) is 0 Å². The Morgan fingerprint density at radius 1 is 0.872 bits per heavy atom. The summed E-state index contributed by atoms with van der Waals surface area (Å²) in [5, 5.41) is 1.01. The zero-order valence-electron chi connectivity index (χ0n) is 23.2. The molecule has 0 bridgehead atoms. The zero-order chi connectivity index (χ0) is 28.4. The summed E-state index contributed by atoms with van der Waals surface area (Å²) in [5.74, 6) is -2.22. The maximum Gasteiger partial charge on any atom is 0.308 e. The Balaban J connectivity index is 1.82. The van der Waals surface area contributed by atoms with Crippen molar-refractivity contribution in [3.05, 3.63) is 36.0 Å². The molecular formula is C29H39NO9. The van der Waals surface area contributed by atoms with Crippen LogP contribution >= 0.6 is 0 Å². The Morgan fingerprint density at radius 3 is 2.18 bits per heavy atom. The molecule has 0 spiro atoms. The highest BCUT2D eigenvalue weighted by molar-refractivity contribution is 5.83. The largest absolute Gasteiger partial charge is 0.456 e. The molecule has 1 aliphatic rings. The van der Waals surface area contributed by atoms with Gasteiger partial charge in [-0.05, 0) is 44.2 Å². The van der Waals surface area contributed by atoms with Crippen LogP contribution < -0.4 is 0 Å². The van der Waals surface area contributed by atoms with Gasteiger partial charge in [-0.1, -0.05) is 39.0 Å². The van der Waals surface area contributed by atoms with Crippen molar-refractivity contribution in [2.45, 2.75) is 103 Å². The van der Waals surface area contributed by atoms with Gasteiger partial charge in [-0.2, -0.15) is 0 Å². The maximum atomic E-state index is 13.0. The average molecular weight is 546 g/mol. The lowest BCUT2D eigenvalue weighted by atomic mass is 9.90. The molecule has 1 aromatic heterocycles. The number of carbonyl (C=O) groups is 4. The van der Waals surface area contributed by atoms with Crippen LogP contribution in [0.1, 0.15) is 78.2 Å². The van der Waals surface area contributed by atoms with Gasteiger partial charge in [0.2, 0.25) is 11.9 Å². The van der Waals surface area contributed by atoms with E-state index >= 15 is 0 Å². The summed E-state index contributed by atoms with van der Waals surface area (Å²) in [5.41, 5.74) is 0.174. The minimum Gasteiger partial charge on any atom is -0.456 e. The second kappa shape index (κ2) is 14.1. The van der Waals surface area contributed by atoms with Gasteiger partial charge in [-0.15, -0.1) is 0 Å². The van der Waals surface area contributed by atoms with Gasteiger partial charge in [0, 0.05) is 42.8 Å². The molecule has 1 unspecified atom stereocenters. The van der Waals surface area contributed by atoms with Crippen LogP contribution in [-0.4, -0.2) is 59.6 Å². The second-order valence-electron chi connectivity index (χ2n) is 9.86. The Morgan fingerprint density at radius 2 is 1.49 bits per heavy atom. The van der Waals surface area contributed by atoms with Crippen molar-refractivity contribution < 1.29 is 42.9 Å². The summed E-state index contributed by atoms with van der Waals surface area (Å²) in [6, 6.07) is 7.77. The average Bonchev–Trinajstić information content (AvgIpc) is 3.30. The Bertz CT molecular complexity index is 1140. The summed E-state index contributed by atoms with van der Waals surface area (Å²) in [6.07, 6.45) is 0.595. The van der Waals surface area contributed by atoms with Crippen LogP contribution in [0.3, 0.4) is 0 Å². The van der Waals surface area contributed by atoms with Gasteiger partial charge >= 0.3 is 23.9 Å². The molecule has 1 saturated heterocycles. The molecule has 1 aromatic carbocycles. The van der Waals surface area contributed by atoms with Crippen molar-refractivity contribution >= 4 is 34.8 Å². The minimum atomic E-state index is -1.75. The SMILES string of the molecule is CCCC(=O)O[C@H]1CO[C@@H](OC(=O)CCc2c[nH]c3ccccc23)C(C)(OC(=O)CCC)[C@H]1OC(=O)CCC. The first-order valence-electron chi connectivity index (χ1n) is 13.7. The number of hydrogen-bond donors (Lipinski definition) is 1. The fourth-order valence-electron chi connectivity index (χ4n) is 4.57. The van der Waals surface area contributed by atoms with E-state index in [4.69, 9.17) is 23.7 Å². The lowest BCUT2D eigenvalue weighted by Gasteiger charge is -2.46. The van der Waals surface area contributed by atoms with E-state index in [1.807, 2.05) is 51.2 Å². The molecular weight excluding hydrogens is 506 g/mol. The molecule has 3 rings (SSSR count). The second-order valence-corrected chi connectivity index (χ2v) is 9.86. The van der Waals surface area contributed by atoms with Crippen LogP contribution in [0, 0.1) is 0 Å². The van der Waals surface area contributed by atoms with Crippen LogP contribution in [0.2, 0.25) is 0 Å². The van der Waals surface area contributed by atoms with Crippen LogP contribution in [-0.2, 0) is 49.3 Å². The summed E-state index contributed by atoms with van der Waals surface area (Å²) in [7, 11) is 0. The molecule has 2 heterocycles. The standard InChI is InChI=1S/C29H39NO9/c1-5-10-23(31)36-22-18-35-28(29(4,39-26(34)12-7-3)27(22)37-24(32)11-6-2)38-25(33)16-15-19-17-30-21-14-9-8-13-20(19)21/h8-9,13-14,17,22,27-28,30H,5-7,10-12,15-16,18H2,1-4H3/t22-,27-,28-,29?/m0/s1. The Labute approximate surface area is 228 Å². The van der Waals surface area contributed by atoms with Crippen molar-refractivity contribution in [2.75, 3.05) is 6.61 Å². The molecule has 1 N–H and O–H groups in total. The predicted molar refractivity (Wildman–Crippen MR) is 141 cm³/mol. The van der Waals surface area contributed by atoms with Crippen molar-refractivity contribution in [1.82, 2.24) is 4.98 Å². The van der Waals surface area contributed by atoms with E-state index in [0.29, 0.717) is 25.7 Å². The number of esters is 4. The number of hydrogen-bond acceptors (Lipinski definition) is 9. The van der Waals surface area contributed by atoms with E-state index in [-0.39, 0.29) is 32.3 Å². The van der Waals surface area contributed by atoms with E-state index in [0.717, 1.165) is 16.5 Å². The van der Waals surface area contributed by atoms with Crippen LogP contribution in [0.25, 0.3) is 10.9 Å². The van der Waals surface area contributed by atoms with E-state index in [1.165, 1.54) is 6.92 Å². The van der Waals surface area contributed by atoms with E-state index in [1.54, 1.807) is 0 Å². The monoisotopic (exact) mass is 545 g/mol. The van der Waals surface area contributed by atoms with Crippen LogP contribution in [0.15, 0.2) is 30.5 Å². The first kappa shape index (κ1) is 30.1. The van der Waals surface area contributed by atoms with Gasteiger partial charge in [0.1, 0.15) is 0 Å². The van der Waals surface area contributed by atoms with E-state index in [9.17, 15) is 19.2 Å². The number of fused-ring (bicyclic) bond motifs is 1. The fourth-order valence-corrected chi connectivity index (χ4v) is 4.57. The number of rotatable bonds is 13. The smallest absolute Gasteiger partial charge is 0.308 e. The Kier molecular flexibility index (Phi) is 10.9. The summed E-state index contributed by atoms with van der Waals surface area (Å²) >= 11 is 0. The number of aryl methyl sites for hydroxylation is 1. The predicted octanol–water partition coefficient (Wildman–Crippen LogP) is 4.53. The van der Waals surface area contributed by atoms with E-state index < -0.39 is 48.0 Å². The molecule has 1 fully saturated rings. The molecule has 0 aliphatic carbocycles. The maximum absolute atomic E-state index is 13.0. The number of para-hydroxylation sites is 1. The van der Waals surface area contributed by atoms with Crippen molar-refractivity contribution in [2.24, 2.45) is 0 Å². The number of H-pyrrole nitrogens is 1. The number of nitrogens with one attached hydrogen (secondary N) is 1. The number of aromatic amines is 1. The van der Waals surface area contributed by atoms with Gasteiger partial charge in [0.15, 0.2) is 12.2 Å². The Hall–Kier alpha value is -3.40. The molecule has 10 heteroatoms. The quantitative estimate of drug-likeness (QED) is 0.285. The summed E-state index contributed by atoms with van der Waals surface area (Å²) < 4.78 is 28.6. The van der Waals surface area contributed by atoms with Gasteiger partial charge in [-0.3, -0.25) is 19.2 Å². The van der Waals surface area contributed by atoms with Crippen molar-refractivity contribution in [3.63, 3.8) is 0 Å². The molecule has 4 atom stereocenters. The number of carbonyl (C=O) groups excluding carboxylic acids is 4. The molecule has 10 nitrogen and oxygen atoms in total. The normalized spacial score (nSPS) is 22.7. The highest BCUT2D eigenvalue weighted by Gasteiger charge is 2.58. The molecule has 0 radical (unpaired) electrons. The third-order valence-electron chi connectivity index (χ3n) is 6.53. The molecule has 1 aliphatic heterocycles. The van der Waals surface area contributed by atoms with Crippen molar-refractivity contribution in [1.29, 1.82) is 0 Å². The first-order valence-corrected chi connectivity index (χ1v) is 13.7. The fraction of sp³-hybridized carbons (Fsp3) is 0.586. The third-order valence-corrected chi connectivity index (χ3v) is 6.53. The first-order chi connectivity index (χ1) is 18.7. The van der Waals surface area contributed by atoms with Crippen LogP contribution in [0.5, 0.6) is 0 Å². The number of aromatic nitrogens is 1. The molecule has 2 aromatic rings. The van der Waals surface area contributed by atoms with Gasteiger partial charge in [-0.25, -0.2) is 0 Å². The summed E-state index contributed by atoms with van der Waals surface area (Å²) in [6.45, 7) is 6.74. The number of benzene rings is 1. The van der Waals surface area contributed by atoms with E-state index in [2.05, 4.69) is 4.98 Å². The lowest BCUT2D eigenvalue weighted by Crippen LogP contribution is -2.66. The highest BCUT2D eigenvalue weighted by atomic mass is 16.7. The molecule has 39 heavy (non-hydrogen) atoms. The van der Waals surface area contributed by atoms with Crippen LogP contribution in [0.4, 0.5) is 0 Å². The third kappa shape index (κ3) is 7.81. The molecule has 214 valence electrons. The zero-order valence-corrected chi connectivity index (χ0v) is 23.2. The molecule has 0 saturated carbocycles. The highest BCUT2D eigenvalue weighted by Crippen LogP contribution is 2.36. The van der Waals surface area contributed by atoms with Gasteiger partial charge < -0.3 is 28.7 Å². The van der Waals surface area contributed by atoms with Crippen molar-refractivity contribution in [3.8, 4) is 0 Å². The topological polar surface area (TPSA) is 130 Å². The van der Waals surface area contributed by atoms with Gasteiger partial charge in [0.05, 0.1) is 6.61 Å². The number of ether oxygens (including phenoxy) is 5. The lowest BCUT2D eigenvalue weighted by molar-refractivity contribution is -0.309. The molecule has 0 amide bonds. The minimum absolute atomic E-state index is 0.0376.